The summed E-state index contributed by atoms with van der Waals surface area (Å²) >= 11 is 0. The van der Waals surface area contributed by atoms with Gasteiger partial charge in [0.1, 0.15) is 18.1 Å². The highest BCUT2D eigenvalue weighted by Gasteiger charge is 2.31. The molecule has 0 unspecified atom stereocenters. The number of hydrogen-bond donors (Lipinski definition) is 7. The fraction of sp³-hybridized carbons (Fsp3) is 0.778. The van der Waals surface area contributed by atoms with Crippen LogP contribution >= 0.6 is 0 Å². The van der Waals surface area contributed by atoms with Crippen LogP contribution in [0, 0.1) is 0 Å². The molecule has 0 saturated heterocycles. The standard InChI is InChI=1S/C18H35N5O6/c1-3-4-5-6-7-14(25)21-12(8-9-19)16(26)23-15(11(2)24)17(27)22-13(10-20)18(28)29/h11-13,15,24H,3-10,19-20H2,1-2H3,(H,21,25)(H,22,27)(H,23,26)(H,28,29)/t11-,12+,13-,15+/m1/s1. The number of rotatable bonds is 15. The van der Waals surface area contributed by atoms with E-state index in [1.165, 1.54) is 6.92 Å². The fourth-order valence-electron chi connectivity index (χ4n) is 2.56. The van der Waals surface area contributed by atoms with Crippen molar-refractivity contribution < 1.29 is 29.4 Å². The lowest BCUT2D eigenvalue weighted by Crippen LogP contribution is -2.60. The van der Waals surface area contributed by atoms with Crippen LogP contribution in [-0.2, 0) is 19.2 Å². The van der Waals surface area contributed by atoms with Gasteiger partial charge in [-0.25, -0.2) is 4.79 Å². The Bertz CT molecular complexity index is 543. The summed E-state index contributed by atoms with van der Waals surface area (Å²) in [5.74, 6) is -3.24. The molecule has 9 N–H and O–H groups in total. The first kappa shape index (κ1) is 26.8. The third-order valence-corrected chi connectivity index (χ3v) is 4.28. The molecule has 11 nitrogen and oxygen atoms in total. The first-order valence-electron chi connectivity index (χ1n) is 9.88. The van der Waals surface area contributed by atoms with Gasteiger partial charge in [-0.1, -0.05) is 26.2 Å². The van der Waals surface area contributed by atoms with E-state index in [-0.39, 0.29) is 31.8 Å². The molecule has 0 spiro atoms. The van der Waals surface area contributed by atoms with Gasteiger partial charge in [0.05, 0.1) is 6.10 Å². The van der Waals surface area contributed by atoms with E-state index in [4.69, 9.17) is 16.6 Å². The number of aliphatic hydroxyl groups excluding tert-OH is 1. The third kappa shape index (κ3) is 10.8. The predicted octanol–water partition coefficient (Wildman–Crippen LogP) is -1.82. The number of hydrogen-bond acceptors (Lipinski definition) is 7. The van der Waals surface area contributed by atoms with Crippen LogP contribution in [0.5, 0.6) is 0 Å². The van der Waals surface area contributed by atoms with Gasteiger partial charge in [0, 0.05) is 13.0 Å². The minimum atomic E-state index is -1.42. The van der Waals surface area contributed by atoms with E-state index in [0.717, 1.165) is 19.3 Å². The molecule has 0 rings (SSSR count). The maximum atomic E-state index is 12.5. The molecule has 3 amide bonds. The molecular formula is C18H35N5O6. The van der Waals surface area contributed by atoms with Crippen molar-refractivity contribution in [3.05, 3.63) is 0 Å². The van der Waals surface area contributed by atoms with E-state index in [9.17, 15) is 24.3 Å². The molecular weight excluding hydrogens is 382 g/mol. The predicted molar refractivity (Wildman–Crippen MR) is 107 cm³/mol. The summed E-state index contributed by atoms with van der Waals surface area (Å²) in [5, 5.41) is 25.9. The lowest BCUT2D eigenvalue weighted by atomic mass is 10.1. The molecule has 0 heterocycles. The van der Waals surface area contributed by atoms with Crippen LogP contribution in [0.3, 0.4) is 0 Å². The zero-order chi connectivity index (χ0) is 22.4. The number of unbranched alkanes of at least 4 members (excludes halogenated alkanes) is 3. The fourth-order valence-corrected chi connectivity index (χ4v) is 2.56. The van der Waals surface area contributed by atoms with Gasteiger partial charge in [-0.3, -0.25) is 14.4 Å². The summed E-state index contributed by atoms with van der Waals surface area (Å²) in [6, 6.07) is -3.75. The van der Waals surface area contributed by atoms with Crippen molar-refractivity contribution in [2.24, 2.45) is 11.5 Å². The van der Waals surface area contributed by atoms with Gasteiger partial charge >= 0.3 is 5.97 Å². The molecule has 11 heteroatoms. The highest BCUT2D eigenvalue weighted by atomic mass is 16.4. The molecule has 0 aromatic carbocycles. The number of nitrogens with two attached hydrogens (primary N) is 2. The molecule has 29 heavy (non-hydrogen) atoms. The number of carbonyl (C=O) groups excluding carboxylic acids is 3. The maximum absolute atomic E-state index is 12.5. The van der Waals surface area contributed by atoms with Gasteiger partial charge in [-0.2, -0.15) is 0 Å². The molecule has 0 aromatic heterocycles. The van der Waals surface area contributed by atoms with Crippen LogP contribution in [0.25, 0.3) is 0 Å². The van der Waals surface area contributed by atoms with Crippen molar-refractivity contribution >= 4 is 23.7 Å². The highest BCUT2D eigenvalue weighted by Crippen LogP contribution is 2.04. The molecule has 0 aliphatic heterocycles. The molecule has 168 valence electrons. The van der Waals surface area contributed by atoms with Gasteiger partial charge in [0.15, 0.2) is 0 Å². The lowest BCUT2D eigenvalue weighted by Gasteiger charge is -2.25. The largest absolute Gasteiger partial charge is 0.480 e. The SMILES string of the molecule is CCCCCCC(=O)N[C@@H](CCN)C(=O)N[C@H](C(=O)N[C@H](CN)C(=O)O)[C@@H](C)O. The van der Waals surface area contributed by atoms with Gasteiger partial charge in [-0.15, -0.1) is 0 Å². The first-order valence-corrected chi connectivity index (χ1v) is 9.88. The maximum Gasteiger partial charge on any atom is 0.327 e. The van der Waals surface area contributed by atoms with Crippen LogP contribution in [0.1, 0.15) is 52.4 Å². The minimum Gasteiger partial charge on any atom is -0.480 e. The van der Waals surface area contributed by atoms with Gasteiger partial charge in [0.25, 0.3) is 0 Å². The summed E-state index contributed by atoms with van der Waals surface area (Å²) in [5.41, 5.74) is 10.8. The minimum absolute atomic E-state index is 0.119. The molecule has 0 aliphatic carbocycles. The summed E-state index contributed by atoms with van der Waals surface area (Å²) < 4.78 is 0. The average molecular weight is 418 g/mol. The third-order valence-electron chi connectivity index (χ3n) is 4.28. The number of carbonyl (C=O) groups is 4. The Balaban J connectivity index is 4.97. The number of carboxylic acid groups (broad SMARTS) is 1. The smallest absolute Gasteiger partial charge is 0.327 e. The van der Waals surface area contributed by atoms with Crippen molar-refractivity contribution in [1.82, 2.24) is 16.0 Å². The van der Waals surface area contributed by atoms with E-state index in [2.05, 4.69) is 22.9 Å². The summed E-state index contributed by atoms with van der Waals surface area (Å²) in [7, 11) is 0. The second-order valence-corrected chi connectivity index (χ2v) is 6.87. The van der Waals surface area contributed by atoms with Crippen LogP contribution in [0.2, 0.25) is 0 Å². The van der Waals surface area contributed by atoms with E-state index in [1.807, 2.05) is 0 Å². The molecule has 0 aliphatic rings. The van der Waals surface area contributed by atoms with E-state index < -0.39 is 42.0 Å². The number of aliphatic hydroxyl groups is 1. The first-order chi connectivity index (χ1) is 13.7. The van der Waals surface area contributed by atoms with Gasteiger partial charge < -0.3 is 37.6 Å². The summed E-state index contributed by atoms with van der Waals surface area (Å²) in [4.78, 5) is 47.9. The van der Waals surface area contributed by atoms with Crippen LogP contribution in [0.15, 0.2) is 0 Å². The summed E-state index contributed by atoms with van der Waals surface area (Å²) in [6.45, 7) is 3.09. The molecule has 0 fully saturated rings. The zero-order valence-electron chi connectivity index (χ0n) is 17.1. The number of carboxylic acids is 1. The second-order valence-electron chi connectivity index (χ2n) is 6.87. The van der Waals surface area contributed by atoms with Crippen molar-refractivity contribution in [2.45, 2.75) is 76.6 Å². The molecule has 0 saturated carbocycles. The Morgan fingerprint density at radius 1 is 0.931 bits per heavy atom. The Morgan fingerprint density at radius 2 is 1.59 bits per heavy atom. The highest BCUT2D eigenvalue weighted by molar-refractivity contribution is 5.93. The van der Waals surface area contributed by atoms with E-state index in [1.54, 1.807) is 0 Å². The average Bonchev–Trinajstić information content (AvgIpc) is 2.66. The van der Waals surface area contributed by atoms with Gasteiger partial charge in [0.2, 0.25) is 17.7 Å². The zero-order valence-corrected chi connectivity index (χ0v) is 17.1. The molecule has 0 aromatic rings. The second kappa shape index (κ2) is 14.7. The van der Waals surface area contributed by atoms with Crippen molar-refractivity contribution in [2.75, 3.05) is 13.1 Å². The van der Waals surface area contributed by atoms with Gasteiger partial charge in [-0.05, 0) is 26.3 Å². The van der Waals surface area contributed by atoms with Crippen LogP contribution < -0.4 is 27.4 Å². The Kier molecular flexibility index (Phi) is 13.6. The van der Waals surface area contributed by atoms with Crippen LogP contribution in [0.4, 0.5) is 0 Å². The molecule has 4 atom stereocenters. The summed E-state index contributed by atoms with van der Waals surface area (Å²) in [6.07, 6.45) is 2.77. The normalized spacial score (nSPS) is 14.9. The van der Waals surface area contributed by atoms with Crippen molar-refractivity contribution in [3.63, 3.8) is 0 Å². The lowest BCUT2D eigenvalue weighted by molar-refractivity contribution is -0.142. The number of nitrogens with one attached hydrogen (secondary N) is 3. The Hall–Kier alpha value is -2.24. The van der Waals surface area contributed by atoms with Crippen molar-refractivity contribution in [3.8, 4) is 0 Å². The molecule has 0 radical (unpaired) electrons. The van der Waals surface area contributed by atoms with E-state index >= 15 is 0 Å². The van der Waals surface area contributed by atoms with Crippen LogP contribution in [-0.4, -0.2) is 71.2 Å². The number of aliphatic carboxylic acids is 1. The quantitative estimate of drug-likeness (QED) is 0.151. The Labute approximate surface area is 171 Å². The molecule has 0 bridgehead atoms. The van der Waals surface area contributed by atoms with E-state index in [0.29, 0.717) is 6.42 Å². The monoisotopic (exact) mass is 417 g/mol. The van der Waals surface area contributed by atoms with Crippen molar-refractivity contribution in [1.29, 1.82) is 0 Å². The number of amides is 3. The topological polar surface area (TPSA) is 197 Å². The Morgan fingerprint density at radius 3 is 2.07 bits per heavy atom.